The van der Waals surface area contributed by atoms with Gasteiger partial charge in [0.2, 0.25) is 0 Å². The van der Waals surface area contributed by atoms with E-state index in [-0.39, 0.29) is 12.0 Å². The molecule has 0 aliphatic heterocycles. The van der Waals surface area contributed by atoms with Crippen LogP contribution in [0.15, 0.2) is 0 Å². The molecule has 0 saturated heterocycles. The Bertz CT molecular complexity index is 240. The lowest BCUT2D eigenvalue weighted by atomic mass is 9.97. The Morgan fingerprint density at radius 2 is 2.12 bits per heavy atom. The zero-order valence-corrected chi connectivity index (χ0v) is 11.7. The van der Waals surface area contributed by atoms with Crippen molar-refractivity contribution in [3.05, 3.63) is 0 Å². The van der Waals surface area contributed by atoms with E-state index in [1.807, 2.05) is 0 Å². The Labute approximate surface area is 105 Å². The van der Waals surface area contributed by atoms with Crippen molar-refractivity contribution in [3.63, 3.8) is 0 Å². The van der Waals surface area contributed by atoms with Gasteiger partial charge in [0.25, 0.3) is 0 Å². The first kappa shape index (κ1) is 14.5. The molecule has 0 aromatic carbocycles. The van der Waals surface area contributed by atoms with Crippen LogP contribution in [0.25, 0.3) is 0 Å². The van der Waals surface area contributed by atoms with Crippen LogP contribution in [0.1, 0.15) is 52.9 Å². The van der Waals surface area contributed by atoms with Crippen LogP contribution in [0.4, 0.5) is 0 Å². The number of nitrogens with one attached hydrogen (secondary N) is 1. The summed E-state index contributed by atoms with van der Waals surface area (Å²) in [5, 5.41) is 3.52. The van der Waals surface area contributed by atoms with Crippen LogP contribution in [-0.2, 0) is 9.53 Å². The molecule has 1 aliphatic carbocycles. The van der Waals surface area contributed by atoms with Crippen LogP contribution < -0.4 is 5.32 Å². The molecule has 0 bridgehead atoms. The van der Waals surface area contributed by atoms with Gasteiger partial charge >= 0.3 is 5.97 Å². The lowest BCUT2D eigenvalue weighted by Crippen LogP contribution is -2.46. The monoisotopic (exact) mass is 241 g/mol. The second-order valence-electron chi connectivity index (χ2n) is 5.58. The van der Waals surface area contributed by atoms with E-state index in [0.717, 1.165) is 12.3 Å². The largest absolute Gasteiger partial charge is 0.468 e. The first-order valence-corrected chi connectivity index (χ1v) is 6.92. The average molecular weight is 241 g/mol. The van der Waals surface area contributed by atoms with E-state index in [2.05, 4.69) is 26.1 Å². The number of rotatable bonds is 6. The van der Waals surface area contributed by atoms with Gasteiger partial charge in [-0.15, -0.1) is 0 Å². The molecule has 3 unspecified atom stereocenters. The number of esters is 1. The highest BCUT2D eigenvalue weighted by atomic mass is 16.5. The molecule has 1 N–H and O–H groups in total. The number of carbonyl (C=O) groups excluding carboxylic acids is 1. The Balaban J connectivity index is 2.55. The van der Waals surface area contributed by atoms with Crippen LogP contribution in [0.5, 0.6) is 0 Å². The Morgan fingerprint density at radius 3 is 2.65 bits per heavy atom. The number of carbonyl (C=O) groups is 1. The van der Waals surface area contributed by atoms with Gasteiger partial charge in [0, 0.05) is 6.04 Å². The number of methoxy groups -OCH3 is 1. The molecule has 0 aromatic heterocycles. The van der Waals surface area contributed by atoms with Crippen LogP contribution in [-0.4, -0.2) is 25.2 Å². The number of hydrogen-bond donors (Lipinski definition) is 1. The van der Waals surface area contributed by atoms with Gasteiger partial charge in [0.05, 0.1) is 7.11 Å². The maximum absolute atomic E-state index is 11.7. The second-order valence-corrected chi connectivity index (χ2v) is 5.58. The highest BCUT2D eigenvalue weighted by Gasteiger charge is 2.30. The Hall–Kier alpha value is -0.570. The summed E-state index contributed by atoms with van der Waals surface area (Å²) in [6, 6.07) is 0.375. The normalized spacial score (nSPS) is 26.2. The minimum absolute atomic E-state index is 0.111. The van der Waals surface area contributed by atoms with Gasteiger partial charge in [-0.3, -0.25) is 4.79 Å². The predicted molar refractivity (Wildman–Crippen MR) is 69.8 cm³/mol. The van der Waals surface area contributed by atoms with E-state index in [1.165, 1.54) is 32.8 Å². The second kappa shape index (κ2) is 7.00. The fraction of sp³-hybridized carbons (Fsp3) is 0.929. The predicted octanol–water partition coefficient (Wildman–Crippen LogP) is 2.74. The van der Waals surface area contributed by atoms with Crippen molar-refractivity contribution in [3.8, 4) is 0 Å². The van der Waals surface area contributed by atoms with Crippen molar-refractivity contribution >= 4 is 5.97 Å². The molecule has 1 rings (SSSR count). The van der Waals surface area contributed by atoms with Crippen LogP contribution in [0.3, 0.4) is 0 Å². The lowest BCUT2D eigenvalue weighted by molar-refractivity contribution is -0.143. The maximum atomic E-state index is 11.7. The molecule has 1 saturated carbocycles. The van der Waals surface area contributed by atoms with Gasteiger partial charge in [0.15, 0.2) is 0 Å². The standard InChI is InChI=1S/C14H27NO2/c1-5-11-7-6-8-12(11)15-13(9-10(2)3)14(16)17-4/h10-13,15H,5-9H2,1-4H3. The van der Waals surface area contributed by atoms with Gasteiger partial charge in [0.1, 0.15) is 6.04 Å². The van der Waals surface area contributed by atoms with Crippen molar-refractivity contribution in [2.45, 2.75) is 65.0 Å². The molecule has 0 spiro atoms. The third-order valence-electron chi connectivity index (χ3n) is 3.79. The fourth-order valence-corrected chi connectivity index (χ4v) is 2.85. The molecule has 3 nitrogen and oxygen atoms in total. The third kappa shape index (κ3) is 4.30. The highest BCUT2D eigenvalue weighted by molar-refractivity contribution is 5.75. The first-order chi connectivity index (χ1) is 8.08. The number of hydrogen-bond acceptors (Lipinski definition) is 3. The van der Waals surface area contributed by atoms with Crippen molar-refractivity contribution in [2.75, 3.05) is 7.11 Å². The summed E-state index contributed by atoms with van der Waals surface area (Å²) in [4.78, 5) is 11.7. The van der Waals surface area contributed by atoms with Crippen molar-refractivity contribution < 1.29 is 9.53 Å². The van der Waals surface area contributed by atoms with Gasteiger partial charge in [-0.05, 0) is 31.1 Å². The van der Waals surface area contributed by atoms with Crippen molar-refractivity contribution in [1.29, 1.82) is 0 Å². The van der Waals surface area contributed by atoms with E-state index in [9.17, 15) is 4.79 Å². The Kier molecular flexibility index (Phi) is 5.96. The highest BCUT2D eigenvalue weighted by Crippen LogP contribution is 2.28. The minimum atomic E-state index is -0.128. The summed E-state index contributed by atoms with van der Waals surface area (Å²) in [6.45, 7) is 6.52. The van der Waals surface area contributed by atoms with E-state index >= 15 is 0 Å². The summed E-state index contributed by atoms with van der Waals surface area (Å²) in [7, 11) is 1.48. The molecule has 1 aliphatic rings. The summed E-state index contributed by atoms with van der Waals surface area (Å²) in [5.74, 6) is 1.13. The molecule has 100 valence electrons. The zero-order valence-electron chi connectivity index (χ0n) is 11.7. The SMILES string of the molecule is CCC1CCCC1NC(CC(C)C)C(=O)OC. The van der Waals surface area contributed by atoms with Gasteiger partial charge in [-0.2, -0.15) is 0 Å². The fourth-order valence-electron chi connectivity index (χ4n) is 2.85. The van der Waals surface area contributed by atoms with Gasteiger partial charge in [-0.25, -0.2) is 0 Å². The van der Waals surface area contributed by atoms with E-state index < -0.39 is 0 Å². The van der Waals surface area contributed by atoms with E-state index in [0.29, 0.717) is 12.0 Å². The molecular weight excluding hydrogens is 214 g/mol. The zero-order chi connectivity index (χ0) is 12.8. The minimum Gasteiger partial charge on any atom is -0.468 e. The van der Waals surface area contributed by atoms with Crippen LogP contribution in [0.2, 0.25) is 0 Å². The smallest absolute Gasteiger partial charge is 0.322 e. The number of ether oxygens (including phenoxy) is 1. The lowest BCUT2D eigenvalue weighted by Gasteiger charge is -2.26. The molecule has 3 atom stereocenters. The van der Waals surface area contributed by atoms with Crippen molar-refractivity contribution in [1.82, 2.24) is 5.32 Å². The third-order valence-corrected chi connectivity index (χ3v) is 3.79. The van der Waals surface area contributed by atoms with E-state index in [4.69, 9.17) is 4.74 Å². The Morgan fingerprint density at radius 1 is 1.41 bits per heavy atom. The van der Waals surface area contributed by atoms with Gasteiger partial charge in [-0.1, -0.05) is 33.6 Å². The first-order valence-electron chi connectivity index (χ1n) is 6.92. The van der Waals surface area contributed by atoms with E-state index in [1.54, 1.807) is 0 Å². The maximum Gasteiger partial charge on any atom is 0.322 e. The molecule has 0 heterocycles. The quantitative estimate of drug-likeness (QED) is 0.727. The molecule has 17 heavy (non-hydrogen) atoms. The molecular formula is C14H27NO2. The molecule has 1 fully saturated rings. The molecule has 0 radical (unpaired) electrons. The van der Waals surface area contributed by atoms with Crippen LogP contribution >= 0.6 is 0 Å². The summed E-state index contributed by atoms with van der Waals surface area (Å²) in [5.41, 5.74) is 0. The van der Waals surface area contributed by atoms with Crippen LogP contribution in [0, 0.1) is 11.8 Å². The summed E-state index contributed by atoms with van der Waals surface area (Å²) >= 11 is 0. The summed E-state index contributed by atoms with van der Waals surface area (Å²) < 4.78 is 4.89. The summed E-state index contributed by atoms with van der Waals surface area (Å²) in [6.07, 6.45) is 5.84. The van der Waals surface area contributed by atoms with Crippen molar-refractivity contribution in [2.24, 2.45) is 11.8 Å². The molecule has 0 aromatic rings. The molecule has 0 amide bonds. The molecule has 3 heteroatoms. The average Bonchev–Trinajstić information content (AvgIpc) is 2.73. The van der Waals surface area contributed by atoms with Gasteiger partial charge < -0.3 is 10.1 Å². The topological polar surface area (TPSA) is 38.3 Å².